The predicted molar refractivity (Wildman–Crippen MR) is 75.2 cm³/mol. The minimum Gasteiger partial charge on any atom is -0.452 e. The van der Waals surface area contributed by atoms with E-state index in [9.17, 15) is 9.18 Å². The number of halogens is 1. The van der Waals surface area contributed by atoms with Gasteiger partial charge < -0.3 is 10.2 Å². The summed E-state index contributed by atoms with van der Waals surface area (Å²) < 4.78 is 19.0. The van der Waals surface area contributed by atoms with Gasteiger partial charge in [0.15, 0.2) is 5.76 Å². The normalized spacial score (nSPS) is 10.9. The number of carbonyl (C=O) groups is 1. The zero-order valence-corrected chi connectivity index (χ0v) is 10.8. The molecular formula is C16H12FNO2. The van der Waals surface area contributed by atoms with Gasteiger partial charge >= 0.3 is 0 Å². The Morgan fingerprint density at radius 1 is 1.20 bits per heavy atom. The molecule has 3 rings (SSSR count). The van der Waals surface area contributed by atoms with Gasteiger partial charge in [0.1, 0.15) is 11.4 Å². The third kappa shape index (κ3) is 1.95. The first-order valence-electron chi connectivity index (χ1n) is 6.15. The molecule has 0 atom stereocenters. The van der Waals surface area contributed by atoms with E-state index < -0.39 is 5.82 Å². The lowest BCUT2D eigenvalue weighted by molar-refractivity contribution is 0.101. The lowest BCUT2D eigenvalue weighted by Crippen LogP contribution is -2.01. The molecule has 3 nitrogen and oxygen atoms in total. The van der Waals surface area contributed by atoms with E-state index in [4.69, 9.17) is 10.2 Å². The average Bonchev–Trinajstić information content (AvgIpc) is 2.86. The number of para-hydroxylation sites is 1. The highest BCUT2D eigenvalue weighted by Gasteiger charge is 2.16. The largest absolute Gasteiger partial charge is 0.452 e. The number of aryl methyl sites for hydroxylation is 1. The molecule has 0 aliphatic rings. The van der Waals surface area contributed by atoms with Crippen molar-refractivity contribution >= 4 is 22.4 Å². The number of benzene rings is 2. The zero-order chi connectivity index (χ0) is 14.3. The van der Waals surface area contributed by atoms with Crippen molar-refractivity contribution in [1.82, 2.24) is 0 Å². The Labute approximate surface area is 114 Å². The molecule has 1 aromatic heterocycles. The highest BCUT2D eigenvalue weighted by Crippen LogP contribution is 2.25. The van der Waals surface area contributed by atoms with Gasteiger partial charge in [-0.1, -0.05) is 18.2 Å². The number of furan rings is 1. The van der Waals surface area contributed by atoms with E-state index in [1.54, 1.807) is 6.07 Å². The van der Waals surface area contributed by atoms with Crippen molar-refractivity contribution in [2.45, 2.75) is 6.92 Å². The molecule has 0 saturated carbocycles. The molecule has 100 valence electrons. The molecule has 4 heteroatoms. The summed E-state index contributed by atoms with van der Waals surface area (Å²) in [4.78, 5) is 12.3. The maximum atomic E-state index is 13.4. The Hall–Kier alpha value is -2.62. The number of nitrogen functional groups attached to an aromatic ring is 1. The van der Waals surface area contributed by atoms with Crippen molar-refractivity contribution in [2.75, 3.05) is 5.73 Å². The predicted octanol–water partition coefficient (Wildman–Crippen LogP) is 3.69. The van der Waals surface area contributed by atoms with Crippen LogP contribution in [0.1, 0.15) is 21.7 Å². The topological polar surface area (TPSA) is 56.2 Å². The summed E-state index contributed by atoms with van der Waals surface area (Å²) in [5, 5.41) is 0.851. The Bertz CT molecular complexity index is 820. The van der Waals surface area contributed by atoms with Gasteiger partial charge in [-0.25, -0.2) is 4.39 Å². The maximum absolute atomic E-state index is 13.4. The lowest BCUT2D eigenvalue weighted by Gasteiger charge is -2.00. The third-order valence-corrected chi connectivity index (χ3v) is 3.23. The van der Waals surface area contributed by atoms with Crippen LogP contribution in [0.2, 0.25) is 0 Å². The van der Waals surface area contributed by atoms with Gasteiger partial charge in [0.2, 0.25) is 5.78 Å². The van der Waals surface area contributed by atoms with Gasteiger partial charge in [0.05, 0.1) is 5.69 Å². The van der Waals surface area contributed by atoms with Crippen LogP contribution in [0.5, 0.6) is 0 Å². The standard InChI is InChI=1S/C16H12FNO2/c1-9-3-2-4-11-8-14(20-16(9)11)15(19)10-5-6-13(18)12(17)7-10/h2-8H,18H2,1H3. The molecule has 0 amide bonds. The minimum absolute atomic E-state index is 0.0157. The van der Waals surface area contributed by atoms with Crippen molar-refractivity contribution in [3.63, 3.8) is 0 Å². The molecular weight excluding hydrogens is 257 g/mol. The van der Waals surface area contributed by atoms with Crippen molar-refractivity contribution in [3.05, 3.63) is 65.2 Å². The van der Waals surface area contributed by atoms with Crippen molar-refractivity contribution < 1.29 is 13.6 Å². The number of anilines is 1. The van der Waals surface area contributed by atoms with Gasteiger partial charge in [0.25, 0.3) is 0 Å². The maximum Gasteiger partial charge on any atom is 0.228 e. The van der Waals surface area contributed by atoms with Crippen molar-refractivity contribution in [2.24, 2.45) is 0 Å². The highest BCUT2D eigenvalue weighted by molar-refractivity contribution is 6.09. The van der Waals surface area contributed by atoms with Crippen LogP contribution in [-0.2, 0) is 0 Å². The molecule has 0 aliphatic carbocycles. The van der Waals surface area contributed by atoms with E-state index in [0.717, 1.165) is 17.0 Å². The molecule has 0 unspecified atom stereocenters. The summed E-state index contributed by atoms with van der Waals surface area (Å²) in [6.45, 7) is 1.91. The fourth-order valence-corrected chi connectivity index (χ4v) is 2.13. The van der Waals surface area contributed by atoms with Crippen LogP contribution in [0.25, 0.3) is 11.0 Å². The molecule has 0 bridgehead atoms. The van der Waals surface area contributed by atoms with E-state index in [0.29, 0.717) is 5.58 Å². The van der Waals surface area contributed by atoms with Crippen LogP contribution < -0.4 is 5.73 Å². The number of rotatable bonds is 2. The van der Waals surface area contributed by atoms with Gasteiger partial charge in [0, 0.05) is 10.9 Å². The second-order valence-electron chi connectivity index (χ2n) is 4.67. The van der Waals surface area contributed by atoms with E-state index in [2.05, 4.69) is 0 Å². The molecule has 2 aromatic carbocycles. The van der Waals surface area contributed by atoms with Crippen LogP contribution in [0.4, 0.5) is 10.1 Å². The van der Waals surface area contributed by atoms with Crippen molar-refractivity contribution in [1.29, 1.82) is 0 Å². The Morgan fingerprint density at radius 3 is 2.70 bits per heavy atom. The summed E-state index contributed by atoms with van der Waals surface area (Å²) in [5.41, 5.74) is 7.25. The molecule has 0 aliphatic heterocycles. The summed E-state index contributed by atoms with van der Waals surface area (Å²) >= 11 is 0. The molecule has 0 saturated heterocycles. The molecule has 0 fully saturated rings. The Morgan fingerprint density at radius 2 is 2.00 bits per heavy atom. The molecule has 0 radical (unpaired) electrons. The van der Waals surface area contributed by atoms with E-state index in [1.165, 1.54) is 12.1 Å². The minimum atomic E-state index is -0.608. The molecule has 2 N–H and O–H groups in total. The third-order valence-electron chi connectivity index (χ3n) is 3.23. The van der Waals surface area contributed by atoms with Crippen LogP contribution in [0.15, 0.2) is 46.9 Å². The fraction of sp³-hybridized carbons (Fsp3) is 0.0625. The van der Waals surface area contributed by atoms with Crippen LogP contribution in [0.3, 0.4) is 0 Å². The molecule has 0 spiro atoms. The van der Waals surface area contributed by atoms with Crippen LogP contribution in [0, 0.1) is 12.7 Å². The highest BCUT2D eigenvalue weighted by atomic mass is 19.1. The number of ketones is 1. The summed E-state index contributed by atoms with van der Waals surface area (Å²) in [6, 6.07) is 11.3. The first kappa shape index (κ1) is 12.4. The van der Waals surface area contributed by atoms with Crippen LogP contribution >= 0.6 is 0 Å². The number of nitrogens with two attached hydrogens (primary N) is 1. The second-order valence-corrected chi connectivity index (χ2v) is 4.67. The van der Waals surface area contributed by atoms with Crippen molar-refractivity contribution in [3.8, 4) is 0 Å². The average molecular weight is 269 g/mol. The number of hydrogen-bond donors (Lipinski definition) is 1. The summed E-state index contributed by atoms with van der Waals surface area (Å²) in [5.74, 6) is -0.777. The fourth-order valence-electron chi connectivity index (χ4n) is 2.13. The second kappa shape index (κ2) is 4.49. The monoisotopic (exact) mass is 269 g/mol. The van der Waals surface area contributed by atoms with Gasteiger partial charge in [-0.3, -0.25) is 4.79 Å². The Balaban J connectivity index is 2.08. The lowest BCUT2D eigenvalue weighted by atomic mass is 10.1. The molecule has 1 heterocycles. The van der Waals surface area contributed by atoms with Gasteiger partial charge in [-0.15, -0.1) is 0 Å². The first-order chi connectivity index (χ1) is 9.56. The number of hydrogen-bond acceptors (Lipinski definition) is 3. The van der Waals surface area contributed by atoms with Gasteiger partial charge in [-0.2, -0.15) is 0 Å². The van der Waals surface area contributed by atoms with E-state index >= 15 is 0 Å². The Kier molecular flexibility index (Phi) is 2.79. The molecule has 20 heavy (non-hydrogen) atoms. The quantitative estimate of drug-likeness (QED) is 0.570. The summed E-state index contributed by atoms with van der Waals surface area (Å²) in [6.07, 6.45) is 0. The SMILES string of the molecule is Cc1cccc2cc(C(=O)c3ccc(N)c(F)c3)oc12. The zero-order valence-electron chi connectivity index (χ0n) is 10.8. The smallest absolute Gasteiger partial charge is 0.228 e. The van der Waals surface area contributed by atoms with Crippen LogP contribution in [-0.4, -0.2) is 5.78 Å². The molecule has 3 aromatic rings. The summed E-state index contributed by atoms with van der Waals surface area (Å²) in [7, 11) is 0. The number of fused-ring (bicyclic) bond motifs is 1. The van der Waals surface area contributed by atoms with E-state index in [1.807, 2.05) is 25.1 Å². The van der Waals surface area contributed by atoms with E-state index in [-0.39, 0.29) is 22.8 Å². The first-order valence-corrected chi connectivity index (χ1v) is 6.15. The van der Waals surface area contributed by atoms with Gasteiger partial charge in [-0.05, 0) is 36.8 Å². The number of carbonyl (C=O) groups excluding carboxylic acids is 1.